The number of hydrogen-bond acceptors (Lipinski definition) is 3. The average molecular weight is 218 g/mol. The summed E-state index contributed by atoms with van der Waals surface area (Å²) in [7, 11) is 1.37. The molecule has 3 heteroatoms. The zero-order valence-electron chi connectivity index (χ0n) is 8.27. The highest BCUT2D eigenvalue weighted by Gasteiger charge is 1.98. The van der Waals surface area contributed by atoms with Crippen molar-refractivity contribution in [3.8, 4) is 0 Å². The third-order valence-corrected chi connectivity index (χ3v) is 3.11. The Hall–Kier alpha value is -1.61. The van der Waals surface area contributed by atoms with Crippen molar-refractivity contribution in [2.45, 2.75) is 0 Å². The van der Waals surface area contributed by atoms with Crippen LogP contribution >= 0.6 is 11.3 Å². The molecular formula is C12H10O2S. The number of thiophene rings is 1. The van der Waals surface area contributed by atoms with Crippen molar-refractivity contribution >= 4 is 33.5 Å². The SMILES string of the molecule is COC(=O)/C=C/c1cc2ccccc2s1. The van der Waals surface area contributed by atoms with Gasteiger partial charge in [0.25, 0.3) is 0 Å². The van der Waals surface area contributed by atoms with E-state index in [1.54, 1.807) is 17.4 Å². The number of rotatable bonds is 2. The molecule has 0 atom stereocenters. The molecule has 0 bridgehead atoms. The summed E-state index contributed by atoms with van der Waals surface area (Å²) < 4.78 is 5.75. The van der Waals surface area contributed by atoms with E-state index in [4.69, 9.17) is 0 Å². The molecule has 2 aromatic rings. The normalized spacial score (nSPS) is 11.0. The molecule has 0 fully saturated rings. The van der Waals surface area contributed by atoms with E-state index in [9.17, 15) is 4.79 Å². The lowest BCUT2D eigenvalue weighted by molar-refractivity contribution is -0.134. The number of carbonyl (C=O) groups is 1. The first kappa shape index (κ1) is 9.93. The molecular weight excluding hydrogens is 208 g/mol. The predicted octanol–water partition coefficient (Wildman–Crippen LogP) is 3.09. The van der Waals surface area contributed by atoms with E-state index in [0.29, 0.717) is 0 Å². The molecule has 0 radical (unpaired) electrons. The van der Waals surface area contributed by atoms with Gasteiger partial charge in [-0.25, -0.2) is 4.79 Å². The zero-order chi connectivity index (χ0) is 10.7. The second kappa shape index (κ2) is 4.28. The highest BCUT2D eigenvalue weighted by atomic mass is 32.1. The monoisotopic (exact) mass is 218 g/mol. The van der Waals surface area contributed by atoms with E-state index < -0.39 is 0 Å². The first-order valence-corrected chi connectivity index (χ1v) is 5.36. The van der Waals surface area contributed by atoms with Crippen molar-refractivity contribution in [2.24, 2.45) is 0 Å². The Morgan fingerprint density at radius 3 is 2.93 bits per heavy atom. The molecule has 1 heterocycles. The summed E-state index contributed by atoms with van der Waals surface area (Å²) in [4.78, 5) is 12.0. The lowest BCUT2D eigenvalue weighted by Crippen LogP contribution is -1.92. The van der Waals surface area contributed by atoms with Crippen molar-refractivity contribution in [3.63, 3.8) is 0 Å². The molecule has 0 aliphatic rings. The van der Waals surface area contributed by atoms with Crippen LogP contribution in [-0.2, 0) is 9.53 Å². The number of hydrogen-bond donors (Lipinski definition) is 0. The van der Waals surface area contributed by atoms with Gasteiger partial charge in [-0.05, 0) is 23.6 Å². The predicted molar refractivity (Wildman–Crippen MR) is 62.9 cm³/mol. The maximum Gasteiger partial charge on any atom is 0.330 e. The van der Waals surface area contributed by atoms with Crippen LogP contribution < -0.4 is 0 Å². The third-order valence-electron chi connectivity index (χ3n) is 2.03. The fraction of sp³-hybridized carbons (Fsp3) is 0.0833. The Balaban J connectivity index is 2.29. The minimum Gasteiger partial charge on any atom is -0.466 e. The second-order valence-electron chi connectivity index (χ2n) is 3.04. The van der Waals surface area contributed by atoms with Crippen LogP contribution in [0.1, 0.15) is 4.88 Å². The maximum absolute atomic E-state index is 10.9. The summed E-state index contributed by atoms with van der Waals surface area (Å²) in [5.41, 5.74) is 0. The highest BCUT2D eigenvalue weighted by molar-refractivity contribution is 7.19. The first-order valence-electron chi connectivity index (χ1n) is 4.54. The van der Waals surface area contributed by atoms with Gasteiger partial charge in [0, 0.05) is 15.7 Å². The molecule has 0 aliphatic carbocycles. The van der Waals surface area contributed by atoms with E-state index in [1.165, 1.54) is 23.3 Å². The van der Waals surface area contributed by atoms with E-state index >= 15 is 0 Å². The Kier molecular flexibility index (Phi) is 2.83. The van der Waals surface area contributed by atoms with Crippen molar-refractivity contribution in [2.75, 3.05) is 7.11 Å². The molecule has 1 aromatic heterocycles. The quantitative estimate of drug-likeness (QED) is 0.572. The van der Waals surface area contributed by atoms with Crippen LogP contribution in [0.5, 0.6) is 0 Å². The summed E-state index contributed by atoms with van der Waals surface area (Å²) in [6, 6.07) is 10.2. The minimum atomic E-state index is -0.326. The molecule has 0 unspecified atom stereocenters. The molecule has 0 saturated carbocycles. The maximum atomic E-state index is 10.9. The van der Waals surface area contributed by atoms with Crippen molar-refractivity contribution in [3.05, 3.63) is 41.3 Å². The van der Waals surface area contributed by atoms with Crippen LogP contribution in [0.3, 0.4) is 0 Å². The van der Waals surface area contributed by atoms with E-state index in [2.05, 4.69) is 22.9 Å². The Morgan fingerprint density at radius 1 is 1.40 bits per heavy atom. The summed E-state index contributed by atoms with van der Waals surface area (Å²) in [5, 5.41) is 1.20. The molecule has 1 aromatic carbocycles. The number of benzene rings is 1. The third kappa shape index (κ3) is 2.25. The number of carbonyl (C=O) groups excluding carboxylic acids is 1. The summed E-state index contributed by atoms with van der Waals surface area (Å²) in [6.07, 6.45) is 3.21. The van der Waals surface area contributed by atoms with Crippen LogP contribution in [0.4, 0.5) is 0 Å². The Morgan fingerprint density at radius 2 is 2.20 bits per heavy atom. The topological polar surface area (TPSA) is 26.3 Å². The van der Waals surface area contributed by atoms with Crippen LogP contribution in [0.2, 0.25) is 0 Å². The van der Waals surface area contributed by atoms with E-state index in [1.807, 2.05) is 12.1 Å². The Labute approximate surface area is 91.8 Å². The number of esters is 1. The van der Waals surface area contributed by atoms with Gasteiger partial charge in [-0.3, -0.25) is 0 Å². The van der Waals surface area contributed by atoms with Crippen molar-refractivity contribution in [1.82, 2.24) is 0 Å². The van der Waals surface area contributed by atoms with Gasteiger partial charge in [-0.1, -0.05) is 18.2 Å². The van der Waals surface area contributed by atoms with Gasteiger partial charge in [-0.2, -0.15) is 0 Å². The molecule has 0 spiro atoms. The lowest BCUT2D eigenvalue weighted by atomic mass is 10.2. The van der Waals surface area contributed by atoms with Crippen molar-refractivity contribution < 1.29 is 9.53 Å². The summed E-state index contributed by atoms with van der Waals surface area (Å²) in [6.45, 7) is 0. The molecule has 76 valence electrons. The van der Waals surface area contributed by atoms with Gasteiger partial charge in [-0.15, -0.1) is 11.3 Å². The standard InChI is InChI=1S/C12H10O2S/c1-14-12(13)7-6-10-8-9-4-2-3-5-11(9)15-10/h2-8H,1H3/b7-6+. The van der Waals surface area contributed by atoms with Crippen molar-refractivity contribution in [1.29, 1.82) is 0 Å². The van der Waals surface area contributed by atoms with Crippen LogP contribution in [0.25, 0.3) is 16.2 Å². The van der Waals surface area contributed by atoms with Gasteiger partial charge in [0.15, 0.2) is 0 Å². The molecule has 0 aliphatic heterocycles. The molecule has 0 amide bonds. The summed E-state index contributed by atoms with van der Waals surface area (Å²) in [5.74, 6) is -0.326. The van der Waals surface area contributed by atoms with Crippen LogP contribution in [0, 0.1) is 0 Å². The number of methoxy groups -OCH3 is 1. The summed E-state index contributed by atoms with van der Waals surface area (Å²) >= 11 is 1.66. The first-order chi connectivity index (χ1) is 7.29. The second-order valence-corrected chi connectivity index (χ2v) is 4.16. The largest absolute Gasteiger partial charge is 0.466 e. The van der Waals surface area contributed by atoms with Gasteiger partial charge in [0.05, 0.1) is 7.11 Å². The van der Waals surface area contributed by atoms with E-state index in [-0.39, 0.29) is 5.97 Å². The van der Waals surface area contributed by atoms with Crippen LogP contribution in [0.15, 0.2) is 36.4 Å². The van der Waals surface area contributed by atoms with E-state index in [0.717, 1.165) is 4.88 Å². The molecule has 2 nitrogen and oxygen atoms in total. The Bertz CT molecular complexity index is 478. The molecule has 15 heavy (non-hydrogen) atoms. The average Bonchev–Trinajstić information content (AvgIpc) is 2.68. The number of fused-ring (bicyclic) bond motifs is 1. The van der Waals surface area contributed by atoms with Gasteiger partial charge in [0.1, 0.15) is 0 Å². The fourth-order valence-corrected chi connectivity index (χ4v) is 2.27. The van der Waals surface area contributed by atoms with Gasteiger partial charge in [0.2, 0.25) is 0 Å². The molecule has 2 rings (SSSR count). The zero-order valence-corrected chi connectivity index (χ0v) is 9.08. The smallest absolute Gasteiger partial charge is 0.330 e. The highest BCUT2D eigenvalue weighted by Crippen LogP contribution is 2.25. The van der Waals surface area contributed by atoms with Gasteiger partial charge >= 0.3 is 5.97 Å². The minimum absolute atomic E-state index is 0.326. The fourth-order valence-electron chi connectivity index (χ4n) is 1.30. The molecule has 0 saturated heterocycles. The van der Waals surface area contributed by atoms with Crippen LogP contribution in [-0.4, -0.2) is 13.1 Å². The van der Waals surface area contributed by atoms with Gasteiger partial charge < -0.3 is 4.74 Å². The molecule has 0 N–H and O–H groups in total. The lowest BCUT2D eigenvalue weighted by Gasteiger charge is -1.87. The number of ether oxygens (including phenoxy) is 1.